The van der Waals surface area contributed by atoms with Crippen LogP contribution in [0, 0.1) is 0 Å². The van der Waals surface area contributed by atoms with Crippen molar-refractivity contribution < 1.29 is 4.74 Å². The maximum absolute atomic E-state index is 5.53. The largest absolute Gasteiger partial charge is 0.379 e. The second-order valence-electron chi connectivity index (χ2n) is 5.19. The lowest BCUT2D eigenvalue weighted by atomic mass is 10.1. The second kappa shape index (κ2) is 7.15. The average molecular weight is 300 g/mol. The van der Waals surface area contributed by atoms with Gasteiger partial charge in [0.1, 0.15) is 6.33 Å². The lowest BCUT2D eigenvalue weighted by molar-refractivity contribution is 0.0384. The molecule has 3 N–H and O–H groups in total. The summed E-state index contributed by atoms with van der Waals surface area (Å²) in [5.74, 6) is 0.660. The van der Waals surface area contributed by atoms with Crippen molar-refractivity contribution in [1.29, 1.82) is 0 Å². The molecule has 1 saturated heterocycles. The number of hydrogen-bond acceptors (Lipinski definition) is 7. The van der Waals surface area contributed by atoms with Gasteiger partial charge in [-0.2, -0.15) is 4.98 Å². The number of aromatic nitrogens is 3. The molecule has 1 aromatic carbocycles. The third-order valence-corrected chi connectivity index (χ3v) is 3.62. The Morgan fingerprint density at radius 3 is 2.64 bits per heavy atom. The Balaban J connectivity index is 1.53. The lowest BCUT2D eigenvalue weighted by Gasteiger charge is -2.26. The molecule has 0 atom stereocenters. The van der Waals surface area contributed by atoms with Gasteiger partial charge in [-0.15, -0.1) is 0 Å². The molecule has 116 valence electrons. The number of nitrogens with two attached hydrogens (primary N) is 1. The Kier molecular flexibility index (Phi) is 4.77. The normalized spacial score (nSPS) is 15.6. The fourth-order valence-electron chi connectivity index (χ4n) is 2.37. The molecule has 0 aliphatic carbocycles. The van der Waals surface area contributed by atoms with Crippen molar-refractivity contribution in [3.05, 3.63) is 36.2 Å². The van der Waals surface area contributed by atoms with E-state index in [1.165, 1.54) is 11.9 Å². The molecule has 0 bridgehead atoms. The first kappa shape index (κ1) is 14.7. The third-order valence-electron chi connectivity index (χ3n) is 3.62. The fraction of sp³-hybridized carbons (Fsp3) is 0.400. The summed E-state index contributed by atoms with van der Waals surface area (Å²) in [6, 6.07) is 8.28. The van der Waals surface area contributed by atoms with Crippen LogP contribution >= 0.6 is 0 Å². The first-order chi connectivity index (χ1) is 10.8. The summed E-state index contributed by atoms with van der Waals surface area (Å²) in [5, 5.41) is 3.11. The monoisotopic (exact) mass is 300 g/mol. The second-order valence-corrected chi connectivity index (χ2v) is 5.19. The van der Waals surface area contributed by atoms with E-state index in [-0.39, 0.29) is 5.95 Å². The van der Waals surface area contributed by atoms with Gasteiger partial charge in [-0.25, -0.2) is 9.97 Å². The van der Waals surface area contributed by atoms with Gasteiger partial charge in [0, 0.05) is 25.3 Å². The van der Waals surface area contributed by atoms with E-state index in [0.717, 1.165) is 45.0 Å². The van der Waals surface area contributed by atoms with Crippen molar-refractivity contribution in [3.8, 4) is 0 Å². The van der Waals surface area contributed by atoms with Crippen molar-refractivity contribution in [2.45, 2.75) is 6.42 Å². The summed E-state index contributed by atoms with van der Waals surface area (Å²) in [4.78, 5) is 14.2. The van der Waals surface area contributed by atoms with Crippen molar-refractivity contribution in [3.63, 3.8) is 0 Å². The Hall–Kier alpha value is -2.25. The minimum atomic E-state index is 0.208. The number of benzene rings is 1. The molecule has 0 spiro atoms. The van der Waals surface area contributed by atoms with Crippen LogP contribution in [0.25, 0.3) is 0 Å². The molecule has 0 unspecified atom stereocenters. The van der Waals surface area contributed by atoms with Crippen molar-refractivity contribution in [2.24, 2.45) is 0 Å². The van der Waals surface area contributed by atoms with Gasteiger partial charge in [-0.1, -0.05) is 12.1 Å². The molecule has 1 aliphatic rings. The van der Waals surface area contributed by atoms with Crippen LogP contribution in [0.1, 0.15) is 5.56 Å². The zero-order valence-electron chi connectivity index (χ0n) is 12.4. The standard InChI is InChI=1S/C15H20N6O/c16-14-17-11-18-15(20-14)19-13-3-1-12(2-4-13)5-6-21-7-9-22-10-8-21/h1-4,11H,5-10H2,(H3,16,17,18,19,20). The van der Waals surface area contributed by atoms with Crippen molar-refractivity contribution in [2.75, 3.05) is 43.9 Å². The van der Waals surface area contributed by atoms with E-state index in [2.05, 4.69) is 37.3 Å². The average Bonchev–Trinajstić information content (AvgIpc) is 2.55. The summed E-state index contributed by atoms with van der Waals surface area (Å²) in [7, 11) is 0. The van der Waals surface area contributed by atoms with E-state index in [0.29, 0.717) is 5.95 Å². The van der Waals surface area contributed by atoms with Crippen LogP contribution < -0.4 is 11.1 Å². The first-order valence-corrected chi connectivity index (χ1v) is 7.40. The number of anilines is 3. The predicted octanol–water partition coefficient (Wildman–Crippen LogP) is 1.07. The van der Waals surface area contributed by atoms with Crippen molar-refractivity contribution in [1.82, 2.24) is 19.9 Å². The van der Waals surface area contributed by atoms with Crippen molar-refractivity contribution >= 4 is 17.6 Å². The van der Waals surface area contributed by atoms with Gasteiger partial charge in [0.15, 0.2) is 0 Å². The van der Waals surface area contributed by atoms with E-state index in [1.54, 1.807) is 0 Å². The number of nitrogens with one attached hydrogen (secondary N) is 1. The van der Waals surface area contributed by atoms with Gasteiger partial charge < -0.3 is 15.8 Å². The highest BCUT2D eigenvalue weighted by Crippen LogP contribution is 2.14. The Morgan fingerprint density at radius 2 is 1.91 bits per heavy atom. The zero-order chi connectivity index (χ0) is 15.2. The number of morpholine rings is 1. The summed E-state index contributed by atoms with van der Waals surface area (Å²) in [6.07, 6.45) is 2.43. The molecule has 0 radical (unpaired) electrons. The van der Waals surface area contributed by atoms with E-state index in [9.17, 15) is 0 Å². The van der Waals surface area contributed by atoms with Crippen LogP contribution in [-0.2, 0) is 11.2 Å². The molecule has 22 heavy (non-hydrogen) atoms. The number of nitrogens with zero attached hydrogens (tertiary/aromatic N) is 4. The smallest absolute Gasteiger partial charge is 0.231 e. The van der Waals surface area contributed by atoms with E-state index < -0.39 is 0 Å². The zero-order valence-corrected chi connectivity index (χ0v) is 12.4. The topological polar surface area (TPSA) is 89.2 Å². The van der Waals surface area contributed by atoms with Gasteiger partial charge >= 0.3 is 0 Å². The highest BCUT2D eigenvalue weighted by molar-refractivity contribution is 5.53. The summed E-state index contributed by atoms with van der Waals surface area (Å²) >= 11 is 0. The molecule has 2 heterocycles. The summed E-state index contributed by atoms with van der Waals surface area (Å²) in [5.41, 5.74) is 7.77. The predicted molar refractivity (Wildman–Crippen MR) is 84.9 cm³/mol. The quantitative estimate of drug-likeness (QED) is 0.853. The van der Waals surface area contributed by atoms with Crippen LogP contribution in [0.2, 0.25) is 0 Å². The Labute approximate surface area is 129 Å². The third kappa shape index (κ3) is 4.12. The minimum absolute atomic E-state index is 0.208. The molecular weight excluding hydrogens is 280 g/mol. The molecule has 0 amide bonds. The lowest BCUT2D eigenvalue weighted by Crippen LogP contribution is -2.37. The van der Waals surface area contributed by atoms with Gasteiger partial charge in [-0.05, 0) is 24.1 Å². The Morgan fingerprint density at radius 1 is 1.14 bits per heavy atom. The minimum Gasteiger partial charge on any atom is -0.379 e. The number of ether oxygens (including phenoxy) is 1. The van der Waals surface area contributed by atoms with Crippen LogP contribution in [0.3, 0.4) is 0 Å². The van der Waals surface area contributed by atoms with Gasteiger partial charge in [0.25, 0.3) is 0 Å². The highest BCUT2D eigenvalue weighted by Gasteiger charge is 2.09. The maximum Gasteiger partial charge on any atom is 0.231 e. The SMILES string of the molecule is Nc1ncnc(Nc2ccc(CCN3CCOCC3)cc2)n1. The molecule has 7 nitrogen and oxygen atoms in total. The summed E-state index contributed by atoms with van der Waals surface area (Å²) < 4.78 is 5.36. The molecule has 1 aliphatic heterocycles. The molecule has 1 fully saturated rings. The molecule has 3 rings (SSSR count). The summed E-state index contributed by atoms with van der Waals surface area (Å²) in [6.45, 7) is 4.82. The van der Waals surface area contributed by atoms with Crippen LogP contribution in [-0.4, -0.2) is 52.7 Å². The molecule has 7 heteroatoms. The number of nitrogen functional groups attached to an aromatic ring is 1. The molecule has 0 saturated carbocycles. The van der Waals surface area contributed by atoms with Gasteiger partial charge in [0.05, 0.1) is 13.2 Å². The maximum atomic E-state index is 5.53. The van der Waals surface area contributed by atoms with Crippen LogP contribution in [0.5, 0.6) is 0 Å². The number of rotatable bonds is 5. The van der Waals surface area contributed by atoms with Crippen LogP contribution in [0.15, 0.2) is 30.6 Å². The van der Waals surface area contributed by atoms with E-state index >= 15 is 0 Å². The molecule has 1 aromatic heterocycles. The fourth-order valence-corrected chi connectivity index (χ4v) is 2.37. The number of hydrogen-bond donors (Lipinski definition) is 2. The first-order valence-electron chi connectivity index (χ1n) is 7.40. The van der Waals surface area contributed by atoms with E-state index in [1.807, 2.05) is 12.1 Å². The molecular formula is C15H20N6O. The highest BCUT2D eigenvalue weighted by atomic mass is 16.5. The Bertz CT molecular complexity index is 597. The van der Waals surface area contributed by atoms with Gasteiger partial charge in [0.2, 0.25) is 11.9 Å². The molecule has 2 aromatic rings. The van der Waals surface area contributed by atoms with Crippen LogP contribution in [0.4, 0.5) is 17.6 Å². The van der Waals surface area contributed by atoms with Gasteiger partial charge in [-0.3, -0.25) is 4.90 Å². The van der Waals surface area contributed by atoms with E-state index in [4.69, 9.17) is 10.5 Å².